The van der Waals surface area contributed by atoms with Crippen LogP contribution in [0.15, 0.2) is 30.6 Å². The molecule has 3 aromatic rings. The van der Waals surface area contributed by atoms with Gasteiger partial charge in [0.2, 0.25) is 0 Å². The molecule has 7 heteroatoms. The zero-order valence-electron chi connectivity index (χ0n) is 17.2. The fraction of sp³-hybridized carbons (Fsp3) is 0.409. The first-order valence-corrected chi connectivity index (χ1v) is 10.9. The van der Waals surface area contributed by atoms with Crippen LogP contribution in [0.3, 0.4) is 0 Å². The Balaban J connectivity index is 1.39. The molecule has 6 nitrogen and oxygen atoms in total. The lowest BCUT2D eigenvalue weighted by Crippen LogP contribution is -2.42. The molecule has 2 aromatic heterocycles. The van der Waals surface area contributed by atoms with Crippen LogP contribution in [-0.2, 0) is 0 Å². The molecule has 0 saturated carbocycles. The summed E-state index contributed by atoms with van der Waals surface area (Å²) in [5.41, 5.74) is 3.26. The van der Waals surface area contributed by atoms with Gasteiger partial charge in [0, 0.05) is 30.2 Å². The van der Waals surface area contributed by atoms with E-state index in [-0.39, 0.29) is 6.03 Å². The molecule has 2 N–H and O–H groups in total. The van der Waals surface area contributed by atoms with Gasteiger partial charge in [-0.15, -0.1) is 11.3 Å². The Kier molecular flexibility index (Phi) is 5.67. The fourth-order valence-electron chi connectivity index (χ4n) is 3.88. The number of hydrogen-bond acceptors (Lipinski definition) is 5. The predicted molar refractivity (Wildman–Crippen MR) is 120 cm³/mol. The average Bonchev–Trinajstić information content (AvgIpc) is 3.02. The van der Waals surface area contributed by atoms with Crippen LogP contribution in [0, 0.1) is 26.7 Å². The van der Waals surface area contributed by atoms with Gasteiger partial charge >= 0.3 is 6.03 Å². The Bertz CT molecular complexity index is 1010. The number of rotatable bonds is 4. The molecule has 2 amide bonds. The number of aromatic nitrogens is 2. The number of nitrogens with one attached hydrogen (secondary N) is 2. The summed E-state index contributed by atoms with van der Waals surface area (Å²) in [7, 11) is 0. The summed E-state index contributed by atoms with van der Waals surface area (Å²) in [4.78, 5) is 26.0. The van der Waals surface area contributed by atoms with E-state index in [1.54, 1.807) is 17.7 Å². The quantitative estimate of drug-likeness (QED) is 0.658. The van der Waals surface area contributed by atoms with Gasteiger partial charge in [-0.05, 0) is 57.2 Å². The number of urea groups is 1. The zero-order chi connectivity index (χ0) is 20.4. The second-order valence-electron chi connectivity index (χ2n) is 7.82. The van der Waals surface area contributed by atoms with Gasteiger partial charge < -0.3 is 15.5 Å². The van der Waals surface area contributed by atoms with Crippen LogP contribution >= 0.6 is 11.3 Å². The third-order valence-corrected chi connectivity index (χ3v) is 6.74. The van der Waals surface area contributed by atoms with Crippen molar-refractivity contribution in [3.05, 3.63) is 46.6 Å². The number of fused-ring (bicyclic) bond motifs is 1. The average molecular weight is 410 g/mol. The molecule has 1 fully saturated rings. The Hall–Kier alpha value is -2.67. The maximum atomic E-state index is 12.3. The molecular weight excluding hydrogens is 382 g/mol. The van der Waals surface area contributed by atoms with Crippen LogP contribution in [0.2, 0.25) is 0 Å². The molecule has 1 aromatic carbocycles. The number of thiophene rings is 1. The summed E-state index contributed by atoms with van der Waals surface area (Å²) in [6.45, 7) is 8.87. The van der Waals surface area contributed by atoms with Crippen LogP contribution in [0.25, 0.3) is 10.2 Å². The molecular formula is C22H27N5OS. The van der Waals surface area contributed by atoms with E-state index in [0.717, 1.165) is 42.3 Å². The van der Waals surface area contributed by atoms with E-state index < -0.39 is 0 Å². The molecule has 4 rings (SSSR count). The number of piperidine rings is 1. The maximum absolute atomic E-state index is 12.3. The smallest absolute Gasteiger partial charge is 0.319 e. The van der Waals surface area contributed by atoms with E-state index in [9.17, 15) is 4.79 Å². The normalized spacial score (nSPS) is 16.8. The molecule has 1 unspecified atom stereocenters. The Labute approximate surface area is 175 Å². The molecule has 1 aliphatic heterocycles. The number of benzene rings is 1. The third kappa shape index (κ3) is 4.34. The van der Waals surface area contributed by atoms with Crippen molar-refractivity contribution in [3.8, 4) is 0 Å². The largest absolute Gasteiger partial charge is 0.356 e. The second kappa shape index (κ2) is 8.37. The highest BCUT2D eigenvalue weighted by Crippen LogP contribution is 2.35. The monoisotopic (exact) mass is 409 g/mol. The van der Waals surface area contributed by atoms with Gasteiger partial charge in [0.15, 0.2) is 0 Å². The number of carbonyl (C=O) groups is 1. The lowest BCUT2D eigenvalue weighted by Gasteiger charge is -2.34. The summed E-state index contributed by atoms with van der Waals surface area (Å²) in [5, 5.41) is 7.12. The van der Waals surface area contributed by atoms with E-state index in [1.807, 2.05) is 31.2 Å². The molecule has 3 heterocycles. The molecule has 0 aliphatic carbocycles. The van der Waals surface area contributed by atoms with Gasteiger partial charge in [-0.2, -0.15) is 0 Å². The lowest BCUT2D eigenvalue weighted by atomic mass is 9.97. The lowest BCUT2D eigenvalue weighted by molar-refractivity contribution is 0.249. The van der Waals surface area contributed by atoms with Crippen molar-refractivity contribution in [1.29, 1.82) is 0 Å². The van der Waals surface area contributed by atoms with Crippen molar-refractivity contribution in [1.82, 2.24) is 15.3 Å². The van der Waals surface area contributed by atoms with Crippen molar-refractivity contribution < 1.29 is 4.79 Å². The third-order valence-electron chi connectivity index (χ3n) is 5.62. The molecule has 0 bridgehead atoms. The first-order valence-electron chi connectivity index (χ1n) is 10.1. The van der Waals surface area contributed by atoms with Gasteiger partial charge in [0.1, 0.15) is 17.0 Å². The first kappa shape index (κ1) is 19.6. The van der Waals surface area contributed by atoms with Crippen LogP contribution < -0.4 is 15.5 Å². The van der Waals surface area contributed by atoms with Crippen molar-refractivity contribution in [2.24, 2.45) is 5.92 Å². The van der Waals surface area contributed by atoms with Crippen molar-refractivity contribution in [2.45, 2.75) is 33.6 Å². The van der Waals surface area contributed by atoms with E-state index in [0.29, 0.717) is 12.5 Å². The number of hydrogen-bond donors (Lipinski definition) is 2. The fourth-order valence-corrected chi connectivity index (χ4v) is 4.87. The minimum atomic E-state index is -0.153. The van der Waals surface area contributed by atoms with E-state index in [4.69, 9.17) is 0 Å². The number of nitrogens with zero attached hydrogens (tertiary/aromatic N) is 3. The molecule has 29 heavy (non-hydrogen) atoms. The highest BCUT2D eigenvalue weighted by atomic mass is 32.1. The van der Waals surface area contributed by atoms with Crippen molar-refractivity contribution in [3.63, 3.8) is 0 Å². The van der Waals surface area contributed by atoms with Crippen LogP contribution in [-0.4, -0.2) is 35.6 Å². The zero-order valence-corrected chi connectivity index (χ0v) is 18.0. The van der Waals surface area contributed by atoms with Gasteiger partial charge in [-0.1, -0.05) is 17.7 Å². The van der Waals surface area contributed by atoms with E-state index in [2.05, 4.69) is 39.3 Å². The van der Waals surface area contributed by atoms with Crippen molar-refractivity contribution in [2.75, 3.05) is 29.9 Å². The topological polar surface area (TPSA) is 70.2 Å². The second-order valence-corrected chi connectivity index (χ2v) is 9.02. The maximum Gasteiger partial charge on any atom is 0.319 e. The number of anilines is 2. The summed E-state index contributed by atoms with van der Waals surface area (Å²) in [6.07, 6.45) is 3.88. The van der Waals surface area contributed by atoms with E-state index in [1.165, 1.54) is 21.4 Å². The summed E-state index contributed by atoms with van der Waals surface area (Å²) >= 11 is 1.73. The number of aryl methyl sites for hydroxylation is 3. The molecule has 152 valence electrons. The first-order chi connectivity index (χ1) is 14.0. The standard InChI is InChI=1S/C22H27N5OS/c1-14-6-8-18(9-7-14)26-22(28)23-11-17-5-4-10-27(12-17)20-19-15(2)16(3)29-21(19)25-13-24-20/h6-9,13,17H,4-5,10-12H2,1-3H3,(H2,23,26,28). The van der Waals surface area contributed by atoms with Crippen LogP contribution in [0.4, 0.5) is 16.3 Å². The van der Waals surface area contributed by atoms with Crippen LogP contribution in [0.5, 0.6) is 0 Å². The Morgan fingerprint density at radius 3 is 2.79 bits per heavy atom. The predicted octanol–water partition coefficient (Wildman–Crippen LogP) is 4.65. The summed E-state index contributed by atoms with van der Waals surface area (Å²) in [6, 6.07) is 7.67. The molecule has 0 radical (unpaired) electrons. The minimum absolute atomic E-state index is 0.153. The molecule has 0 spiro atoms. The SMILES string of the molecule is Cc1ccc(NC(=O)NCC2CCCN(c3ncnc4sc(C)c(C)c34)C2)cc1. The Morgan fingerprint density at radius 2 is 2.00 bits per heavy atom. The highest BCUT2D eigenvalue weighted by molar-refractivity contribution is 7.18. The van der Waals surface area contributed by atoms with Crippen molar-refractivity contribution >= 4 is 39.1 Å². The minimum Gasteiger partial charge on any atom is -0.356 e. The van der Waals surface area contributed by atoms with Gasteiger partial charge in [-0.3, -0.25) is 0 Å². The van der Waals surface area contributed by atoms with E-state index >= 15 is 0 Å². The van der Waals surface area contributed by atoms with Crippen LogP contribution in [0.1, 0.15) is 28.8 Å². The van der Waals surface area contributed by atoms with Gasteiger partial charge in [0.05, 0.1) is 5.39 Å². The van der Waals surface area contributed by atoms with Gasteiger partial charge in [-0.25, -0.2) is 14.8 Å². The summed E-state index contributed by atoms with van der Waals surface area (Å²) in [5.74, 6) is 1.43. The molecule has 1 aliphatic rings. The molecule has 1 atom stereocenters. The summed E-state index contributed by atoms with van der Waals surface area (Å²) < 4.78 is 0. The van der Waals surface area contributed by atoms with Gasteiger partial charge in [0.25, 0.3) is 0 Å². The number of amides is 2. The molecule has 1 saturated heterocycles. The highest BCUT2D eigenvalue weighted by Gasteiger charge is 2.24. The number of carbonyl (C=O) groups excluding carboxylic acids is 1. The Morgan fingerprint density at radius 1 is 1.21 bits per heavy atom.